The minimum Gasteiger partial charge on any atom is -0.207 e. The number of rotatable bonds is 5. The van der Waals surface area contributed by atoms with Crippen LogP contribution in [0.3, 0.4) is 0 Å². The van der Waals surface area contributed by atoms with Crippen LogP contribution in [0.1, 0.15) is 17.0 Å². The van der Waals surface area contributed by atoms with E-state index in [4.69, 9.17) is 0 Å². The molecule has 7 nitrogen and oxygen atoms in total. The lowest BCUT2D eigenvalue weighted by molar-refractivity contribution is 0.544. The normalized spacial score (nSPS) is 11.7. The zero-order valence-electron chi connectivity index (χ0n) is 13.9. The third-order valence-corrected chi connectivity index (χ3v) is 5.29. The Morgan fingerprint density at radius 2 is 1.85 bits per heavy atom. The van der Waals surface area contributed by atoms with E-state index < -0.39 is 26.6 Å². The molecule has 2 aromatic carbocycles. The highest BCUT2D eigenvalue weighted by Crippen LogP contribution is 2.17. The molecular formula is C16H15F2N5O2S. The van der Waals surface area contributed by atoms with Crippen molar-refractivity contribution >= 4 is 10.0 Å². The highest BCUT2D eigenvalue weighted by atomic mass is 32.2. The number of tetrazole rings is 1. The average molecular weight is 379 g/mol. The Balaban J connectivity index is 1.86. The summed E-state index contributed by atoms with van der Waals surface area (Å²) in [6.07, 6.45) is 0. The van der Waals surface area contributed by atoms with Gasteiger partial charge in [0.2, 0.25) is 10.0 Å². The molecule has 10 heteroatoms. The van der Waals surface area contributed by atoms with Gasteiger partial charge in [-0.05, 0) is 65.7 Å². The van der Waals surface area contributed by atoms with Crippen molar-refractivity contribution in [3.63, 3.8) is 0 Å². The number of aryl methyl sites for hydroxylation is 2. The molecule has 3 rings (SSSR count). The van der Waals surface area contributed by atoms with Crippen molar-refractivity contribution in [1.29, 1.82) is 0 Å². The zero-order chi connectivity index (χ0) is 18.9. The zero-order valence-corrected chi connectivity index (χ0v) is 14.8. The van der Waals surface area contributed by atoms with Crippen molar-refractivity contribution in [1.82, 2.24) is 24.9 Å². The number of hydrogen-bond acceptors (Lipinski definition) is 5. The molecule has 0 saturated heterocycles. The standard InChI is InChI=1S/C16H15F2N5O2S/c1-10-3-5-13(7-11(10)2)23-16(20-21-22-23)9-19-26(24,25)15-8-12(17)4-6-14(15)18/h3-8,19H,9H2,1-2H3. The van der Waals surface area contributed by atoms with Gasteiger partial charge in [-0.25, -0.2) is 21.9 Å². The van der Waals surface area contributed by atoms with Crippen molar-refractivity contribution in [3.05, 3.63) is 65.0 Å². The van der Waals surface area contributed by atoms with Gasteiger partial charge in [0, 0.05) is 0 Å². The van der Waals surface area contributed by atoms with Crippen molar-refractivity contribution in [3.8, 4) is 5.69 Å². The summed E-state index contributed by atoms with van der Waals surface area (Å²) in [6, 6.07) is 7.75. The van der Waals surface area contributed by atoms with Crippen LogP contribution in [0.25, 0.3) is 5.69 Å². The largest absolute Gasteiger partial charge is 0.244 e. The Hall–Kier alpha value is -2.72. The highest BCUT2D eigenvalue weighted by molar-refractivity contribution is 7.89. The van der Waals surface area contributed by atoms with Crippen molar-refractivity contribution < 1.29 is 17.2 Å². The van der Waals surface area contributed by atoms with Gasteiger partial charge >= 0.3 is 0 Å². The predicted octanol–water partition coefficient (Wildman–Crippen LogP) is 2.04. The maximum Gasteiger partial charge on any atom is 0.244 e. The minimum atomic E-state index is -4.28. The molecule has 26 heavy (non-hydrogen) atoms. The van der Waals surface area contributed by atoms with E-state index in [0.717, 1.165) is 23.3 Å². The highest BCUT2D eigenvalue weighted by Gasteiger charge is 2.21. The molecule has 0 amide bonds. The SMILES string of the molecule is Cc1ccc(-n2nnnc2CNS(=O)(=O)c2cc(F)ccc2F)cc1C. The van der Waals surface area contributed by atoms with Gasteiger partial charge in [-0.2, -0.15) is 4.68 Å². The molecular weight excluding hydrogens is 364 g/mol. The summed E-state index contributed by atoms with van der Waals surface area (Å²) in [5, 5.41) is 11.2. The van der Waals surface area contributed by atoms with E-state index >= 15 is 0 Å². The fourth-order valence-electron chi connectivity index (χ4n) is 2.29. The van der Waals surface area contributed by atoms with Crippen LogP contribution in [0.2, 0.25) is 0 Å². The molecule has 0 radical (unpaired) electrons. The van der Waals surface area contributed by atoms with Gasteiger partial charge < -0.3 is 0 Å². The molecule has 0 spiro atoms. The number of nitrogens with one attached hydrogen (secondary N) is 1. The molecule has 0 aliphatic carbocycles. The van der Waals surface area contributed by atoms with Crippen LogP contribution in [0.5, 0.6) is 0 Å². The molecule has 1 N–H and O–H groups in total. The van der Waals surface area contributed by atoms with E-state index in [0.29, 0.717) is 11.8 Å². The maximum absolute atomic E-state index is 13.7. The molecule has 136 valence electrons. The van der Waals surface area contributed by atoms with Crippen molar-refractivity contribution in [2.45, 2.75) is 25.3 Å². The third-order valence-electron chi connectivity index (χ3n) is 3.87. The lowest BCUT2D eigenvalue weighted by atomic mass is 10.1. The van der Waals surface area contributed by atoms with E-state index in [9.17, 15) is 17.2 Å². The quantitative estimate of drug-likeness (QED) is 0.733. The Kier molecular flexibility index (Phi) is 4.79. The monoisotopic (exact) mass is 379 g/mol. The van der Waals surface area contributed by atoms with Gasteiger partial charge in [0.1, 0.15) is 16.5 Å². The molecule has 0 atom stereocenters. The first-order valence-corrected chi connectivity index (χ1v) is 9.06. The van der Waals surface area contributed by atoms with Crippen LogP contribution < -0.4 is 4.72 Å². The summed E-state index contributed by atoms with van der Waals surface area (Å²) in [4.78, 5) is -0.775. The second-order valence-corrected chi connectivity index (χ2v) is 7.41. The lowest BCUT2D eigenvalue weighted by Crippen LogP contribution is -2.26. The third kappa shape index (κ3) is 3.60. The minimum absolute atomic E-state index is 0.202. The van der Waals surface area contributed by atoms with Gasteiger partial charge in [-0.1, -0.05) is 6.07 Å². The fraction of sp³-hybridized carbons (Fsp3) is 0.188. The van der Waals surface area contributed by atoms with Gasteiger partial charge in [0.25, 0.3) is 0 Å². The summed E-state index contributed by atoms with van der Waals surface area (Å²) >= 11 is 0. The van der Waals surface area contributed by atoms with E-state index in [-0.39, 0.29) is 12.4 Å². The topological polar surface area (TPSA) is 89.8 Å². The van der Waals surface area contributed by atoms with Gasteiger partial charge in [-0.15, -0.1) is 5.10 Å². The van der Waals surface area contributed by atoms with Gasteiger partial charge in [-0.3, -0.25) is 0 Å². The van der Waals surface area contributed by atoms with E-state index in [1.807, 2.05) is 26.0 Å². The number of aromatic nitrogens is 4. The van der Waals surface area contributed by atoms with E-state index in [2.05, 4.69) is 20.2 Å². The van der Waals surface area contributed by atoms with Crippen LogP contribution in [-0.4, -0.2) is 28.6 Å². The maximum atomic E-state index is 13.7. The molecule has 0 unspecified atom stereocenters. The van der Waals surface area contributed by atoms with E-state index in [1.54, 1.807) is 6.07 Å². The number of halogens is 2. The number of hydrogen-bond donors (Lipinski definition) is 1. The van der Waals surface area contributed by atoms with Crippen LogP contribution >= 0.6 is 0 Å². The van der Waals surface area contributed by atoms with Crippen LogP contribution in [0.4, 0.5) is 8.78 Å². The van der Waals surface area contributed by atoms with Gasteiger partial charge in [0.15, 0.2) is 5.82 Å². The summed E-state index contributed by atoms with van der Waals surface area (Å²) in [5.41, 5.74) is 2.77. The smallest absolute Gasteiger partial charge is 0.207 e. The molecule has 0 bridgehead atoms. The summed E-state index contributed by atoms with van der Waals surface area (Å²) in [6.45, 7) is 3.60. The van der Waals surface area contributed by atoms with Crippen molar-refractivity contribution in [2.75, 3.05) is 0 Å². The van der Waals surface area contributed by atoms with Gasteiger partial charge in [0.05, 0.1) is 12.2 Å². The number of sulfonamides is 1. The second kappa shape index (κ2) is 6.89. The van der Waals surface area contributed by atoms with Crippen molar-refractivity contribution in [2.24, 2.45) is 0 Å². The number of nitrogens with zero attached hydrogens (tertiary/aromatic N) is 4. The summed E-state index contributed by atoms with van der Waals surface area (Å²) in [5.74, 6) is -1.70. The Morgan fingerprint density at radius 1 is 1.08 bits per heavy atom. The van der Waals surface area contributed by atoms with Crippen LogP contribution in [0.15, 0.2) is 41.3 Å². The lowest BCUT2D eigenvalue weighted by Gasteiger charge is -2.09. The van der Waals surface area contributed by atoms with E-state index in [1.165, 1.54) is 4.68 Å². The molecule has 1 heterocycles. The Morgan fingerprint density at radius 3 is 2.58 bits per heavy atom. The fourth-order valence-corrected chi connectivity index (χ4v) is 3.36. The summed E-state index contributed by atoms with van der Waals surface area (Å²) < 4.78 is 55.0. The molecule has 0 aliphatic heterocycles. The number of benzene rings is 2. The average Bonchev–Trinajstić information content (AvgIpc) is 3.06. The molecule has 0 fully saturated rings. The predicted molar refractivity (Wildman–Crippen MR) is 89.0 cm³/mol. The molecule has 3 aromatic rings. The first-order chi connectivity index (χ1) is 12.3. The molecule has 0 aliphatic rings. The second-order valence-electron chi connectivity index (χ2n) is 5.67. The summed E-state index contributed by atoms with van der Waals surface area (Å²) in [7, 11) is -4.28. The molecule has 0 saturated carbocycles. The van der Waals surface area contributed by atoms with Crippen LogP contribution in [0, 0.1) is 25.5 Å². The first-order valence-electron chi connectivity index (χ1n) is 7.57. The Bertz CT molecular complexity index is 1070. The molecule has 1 aromatic heterocycles. The van der Waals surface area contributed by atoms with Crippen LogP contribution in [-0.2, 0) is 16.6 Å². The Labute approximate surface area is 148 Å². The first kappa shape index (κ1) is 18.1.